The monoisotopic (exact) mass is 362 g/mol. The topological polar surface area (TPSA) is 38.0 Å². The van der Waals surface area contributed by atoms with Crippen LogP contribution in [0.4, 0.5) is 11.4 Å². The van der Waals surface area contributed by atoms with Crippen LogP contribution in [0.15, 0.2) is 40.9 Å². The van der Waals surface area contributed by atoms with E-state index in [0.29, 0.717) is 4.99 Å². The summed E-state index contributed by atoms with van der Waals surface area (Å²) in [7, 11) is 0. The number of aryl methyl sites for hydroxylation is 2. The Kier molecular flexibility index (Phi) is 5.37. The molecule has 0 radical (unpaired) electrons. The highest BCUT2D eigenvalue weighted by atomic mass is 79.9. The Balaban J connectivity index is 2.38. The highest BCUT2D eigenvalue weighted by molar-refractivity contribution is 9.10. The lowest BCUT2D eigenvalue weighted by atomic mass is 10.0. The first-order valence-electron chi connectivity index (χ1n) is 7.04. The molecule has 0 atom stereocenters. The Morgan fingerprint density at radius 2 is 1.76 bits per heavy atom. The average Bonchev–Trinajstić information content (AvgIpc) is 2.47. The molecule has 0 spiro atoms. The van der Waals surface area contributed by atoms with Gasteiger partial charge in [0.05, 0.1) is 0 Å². The van der Waals surface area contributed by atoms with E-state index in [0.717, 1.165) is 28.6 Å². The largest absolute Gasteiger partial charge is 0.389 e. The van der Waals surface area contributed by atoms with Gasteiger partial charge in [-0.3, -0.25) is 0 Å². The molecule has 0 fully saturated rings. The van der Waals surface area contributed by atoms with Crippen LogP contribution < -0.4 is 11.1 Å². The van der Waals surface area contributed by atoms with Crippen molar-refractivity contribution in [1.82, 2.24) is 0 Å². The van der Waals surface area contributed by atoms with Crippen LogP contribution in [0.3, 0.4) is 0 Å². The van der Waals surface area contributed by atoms with Gasteiger partial charge in [0, 0.05) is 21.4 Å². The number of nitrogens with one attached hydrogen (secondary N) is 1. The third kappa shape index (κ3) is 3.63. The van der Waals surface area contributed by atoms with Crippen molar-refractivity contribution >= 4 is 44.5 Å². The van der Waals surface area contributed by atoms with E-state index in [4.69, 9.17) is 18.0 Å². The van der Waals surface area contributed by atoms with Crippen molar-refractivity contribution in [2.45, 2.75) is 26.7 Å². The first-order valence-corrected chi connectivity index (χ1v) is 8.24. The summed E-state index contributed by atoms with van der Waals surface area (Å²) in [6, 6.07) is 12.4. The maximum atomic E-state index is 5.69. The summed E-state index contributed by atoms with van der Waals surface area (Å²) in [4.78, 5) is 0.400. The lowest BCUT2D eigenvalue weighted by molar-refractivity contribution is 1.09. The number of benzene rings is 2. The van der Waals surface area contributed by atoms with Crippen molar-refractivity contribution < 1.29 is 0 Å². The molecule has 2 aromatic carbocycles. The maximum absolute atomic E-state index is 5.69. The minimum atomic E-state index is 0.400. The average molecular weight is 363 g/mol. The highest BCUT2D eigenvalue weighted by Crippen LogP contribution is 2.29. The van der Waals surface area contributed by atoms with E-state index in [-0.39, 0.29) is 0 Å². The quantitative estimate of drug-likeness (QED) is 0.738. The summed E-state index contributed by atoms with van der Waals surface area (Å²) in [6.07, 6.45) is 2.00. The molecular formula is C17H19BrN2S. The van der Waals surface area contributed by atoms with Crippen LogP contribution in [0.5, 0.6) is 0 Å². The first kappa shape index (κ1) is 16.0. The van der Waals surface area contributed by atoms with Gasteiger partial charge < -0.3 is 11.1 Å². The van der Waals surface area contributed by atoms with Gasteiger partial charge in [-0.25, -0.2) is 0 Å². The second-order valence-corrected chi connectivity index (χ2v) is 6.14. The molecule has 0 aliphatic heterocycles. The van der Waals surface area contributed by atoms with Gasteiger partial charge in [-0.15, -0.1) is 0 Å². The smallest absolute Gasteiger partial charge is 0.105 e. The number of nitrogens with two attached hydrogens (primary N) is 1. The predicted octanol–water partition coefficient (Wildman–Crippen LogP) is 4.95. The Morgan fingerprint density at radius 3 is 2.24 bits per heavy atom. The van der Waals surface area contributed by atoms with Crippen LogP contribution in [-0.4, -0.2) is 4.99 Å². The third-order valence-corrected chi connectivity index (χ3v) is 4.38. The van der Waals surface area contributed by atoms with Gasteiger partial charge >= 0.3 is 0 Å². The molecule has 4 heteroatoms. The number of thiocarbonyl (C=S) groups is 1. The zero-order valence-corrected chi connectivity index (χ0v) is 14.6. The normalized spacial score (nSPS) is 10.4. The Bertz CT molecular complexity index is 646. The summed E-state index contributed by atoms with van der Waals surface area (Å²) in [5.41, 5.74) is 11.4. The van der Waals surface area contributed by atoms with Crippen LogP contribution in [0.25, 0.3) is 0 Å². The second kappa shape index (κ2) is 7.05. The standard InChI is InChI=1S/C17H19BrN2S/c1-3-11-6-5-7-12(4-2)16(11)20-13-8-9-14(17(19)21)15(18)10-13/h5-10,20H,3-4H2,1-2H3,(H2,19,21). The molecule has 0 bridgehead atoms. The van der Waals surface area contributed by atoms with E-state index in [1.807, 2.05) is 18.2 Å². The van der Waals surface area contributed by atoms with Crippen molar-refractivity contribution in [3.63, 3.8) is 0 Å². The van der Waals surface area contributed by atoms with E-state index in [2.05, 4.69) is 53.3 Å². The minimum absolute atomic E-state index is 0.400. The molecule has 0 saturated heterocycles. The fourth-order valence-electron chi connectivity index (χ4n) is 2.34. The number of halogens is 1. The maximum Gasteiger partial charge on any atom is 0.105 e. The van der Waals surface area contributed by atoms with E-state index in [9.17, 15) is 0 Å². The molecule has 0 unspecified atom stereocenters. The molecule has 110 valence electrons. The molecule has 2 rings (SSSR count). The number of rotatable bonds is 5. The Labute approximate surface area is 139 Å². The van der Waals surface area contributed by atoms with Gasteiger partial charge in [-0.2, -0.15) is 0 Å². The summed E-state index contributed by atoms with van der Waals surface area (Å²) in [6.45, 7) is 4.34. The minimum Gasteiger partial charge on any atom is -0.389 e. The fourth-order valence-corrected chi connectivity index (χ4v) is 3.24. The van der Waals surface area contributed by atoms with E-state index < -0.39 is 0 Å². The van der Waals surface area contributed by atoms with Crippen LogP contribution in [-0.2, 0) is 12.8 Å². The fraction of sp³-hybridized carbons (Fsp3) is 0.235. The Hall–Kier alpha value is -1.39. The van der Waals surface area contributed by atoms with Crippen LogP contribution in [0, 0.1) is 0 Å². The second-order valence-electron chi connectivity index (χ2n) is 4.84. The molecule has 0 aliphatic carbocycles. The zero-order valence-electron chi connectivity index (χ0n) is 12.2. The number of anilines is 2. The van der Waals surface area contributed by atoms with Crippen molar-refractivity contribution in [3.05, 3.63) is 57.6 Å². The van der Waals surface area contributed by atoms with Crippen molar-refractivity contribution in [3.8, 4) is 0 Å². The van der Waals surface area contributed by atoms with Crippen LogP contribution in [0.2, 0.25) is 0 Å². The van der Waals surface area contributed by atoms with Crippen LogP contribution >= 0.6 is 28.1 Å². The predicted molar refractivity (Wildman–Crippen MR) is 98.5 cm³/mol. The summed E-state index contributed by atoms with van der Waals surface area (Å²) >= 11 is 8.55. The molecule has 0 heterocycles. The summed E-state index contributed by atoms with van der Waals surface area (Å²) in [5.74, 6) is 0. The molecule has 3 N–H and O–H groups in total. The molecule has 21 heavy (non-hydrogen) atoms. The summed E-state index contributed by atoms with van der Waals surface area (Å²) in [5, 5.41) is 3.54. The molecule has 2 nitrogen and oxygen atoms in total. The molecule has 0 amide bonds. The number of hydrogen-bond acceptors (Lipinski definition) is 2. The first-order chi connectivity index (χ1) is 10.1. The zero-order chi connectivity index (χ0) is 15.4. The molecule has 0 saturated carbocycles. The molecule has 0 aliphatic rings. The third-order valence-electron chi connectivity index (χ3n) is 3.50. The number of hydrogen-bond donors (Lipinski definition) is 2. The van der Waals surface area contributed by atoms with Crippen molar-refractivity contribution in [2.75, 3.05) is 5.32 Å². The van der Waals surface area contributed by atoms with E-state index in [1.54, 1.807) is 0 Å². The highest BCUT2D eigenvalue weighted by Gasteiger charge is 2.08. The SMILES string of the molecule is CCc1cccc(CC)c1Nc1ccc(C(N)=S)c(Br)c1. The van der Waals surface area contributed by atoms with Gasteiger partial charge in [0.25, 0.3) is 0 Å². The van der Waals surface area contributed by atoms with Gasteiger partial charge in [-0.1, -0.05) is 44.3 Å². The van der Waals surface area contributed by atoms with Gasteiger partial charge in [0.15, 0.2) is 0 Å². The van der Waals surface area contributed by atoms with E-state index in [1.165, 1.54) is 16.8 Å². The van der Waals surface area contributed by atoms with Crippen molar-refractivity contribution in [1.29, 1.82) is 0 Å². The van der Waals surface area contributed by atoms with Crippen molar-refractivity contribution in [2.24, 2.45) is 5.73 Å². The van der Waals surface area contributed by atoms with Crippen LogP contribution in [0.1, 0.15) is 30.5 Å². The van der Waals surface area contributed by atoms with Gasteiger partial charge in [0.1, 0.15) is 4.99 Å². The van der Waals surface area contributed by atoms with Gasteiger partial charge in [0.2, 0.25) is 0 Å². The molecule has 2 aromatic rings. The molecule has 0 aromatic heterocycles. The van der Waals surface area contributed by atoms with E-state index >= 15 is 0 Å². The molecular weight excluding hydrogens is 344 g/mol. The lowest BCUT2D eigenvalue weighted by Gasteiger charge is -2.16. The Morgan fingerprint density at radius 1 is 1.14 bits per heavy atom. The van der Waals surface area contributed by atoms with Gasteiger partial charge in [-0.05, 0) is 58.1 Å². The number of para-hydroxylation sites is 1. The lowest BCUT2D eigenvalue weighted by Crippen LogP contribution is -2.10. The summed E-state index contributed by atoms with van der Waals surface area (Å²) < 4.78 is 0.909.